The molecule has 0 saturated carbocycles. The topological polar surface area (TPSA) is 36.4 Å². The van der Waals surface area contributed by atoms with Crippen LogP contribution in [0.3, 0.4) is 0 Å². The summed E-state index contributed by atoms with van der Waals surface area (Å²) in [6.45, 7) is 4.12. The van der Waals surface area contributed by atoms with E-state index in [1.54, 1.807) is 18.1 Å². The van der Waals surface area contributed by atoms with E-state index in [0.29, 0.717) is 25.1 Å². The van der Waals surface area contributed by atoms with Crippen LogP contribution in [0.5, 0.6) is 0 Å². The molecule has 0 spiro atoms. The Hall–Kier alpha value is -1.56. The van der Waals surface area contributed by atoms with Gasteiger partial charge in [0.15, 0.2) is 0 Å². The predicted octanol–water partition coefficient (Wildman–Crippen LogP) is 2.09. The minimum absolute atomic E-state index is 0.223. The SMILES string of the molecule is CC(F)C1(C)CN2CC[C@@H](c3cncc(F)c3)N2C1=O. The van der Waals surface area contributed by atoms with Gasteiger partial charge in [0.2, 0.25) is 5.91 Å². The standard InChI is InChI=1S/C14H17F2N3O/c1-9(15)14(2)8-18-4-3-12(19(18)13(14)20)10-5-11(16)7-17-6-10/h5-7,9,12H,3-4,8H2,1-2H3/t9?,12-,14?/m0/s1. The summed E-state index contributed by atoms with van der Waals surface area (Å²) in [5.41, 5.74) is -0.351. The maximum absolute atomic E-state index is 13.8. The molecule has 0 aromatic carbocycles. The van der Waals surface area contributed by atoms with Gasteiger partial charge in [0.1, 0.15) is 12.0 Å². The summed E-state index contributed by atoms with van der Waals surface area (Å²) in [6, 6.07) is 1.15. The molecule has 2 unspecified atom stereocenters. The van der Waals surface area contributed by atoms with Crippen molar-refractivity contribution in [3.8, 4) is 0 Å². The van der Waals surface area contributed by atoms with Gasteiger partial charge in [-0.25, -0.2) is 13.8 Å². The number of pyridine rings is 1. The number of nitrogens with zero attached hydrogens (tertiary/aromatic N) is 3. The summed E-state index contributed by atoms with van der Waals surface area (Å²) < 4.78 is 27.1. The fourth-order valence-corrected chi connectivity index (χ4v) is 3.05. The molecule has 0 radical (unpaired) electrons. The zero-order valence-electron chi connectivity index (χ0n) is 11.5. The van der Waals surface area contributed by atoms with Gasteiger partial charge < -0.3 is 0 Å². The Morgan fingerprint density at radius 1 is 1.50 bits per heavy atom. The normalized spacial score (nSPS) is 31.7. The molecule has 0 N–H and O–H groups in total. The van der Waals surface area contributed by atoms with Crippen molar-refractivity contribution >= 4 is 5.91 Å². The lowest BCUT2D eigenvalue weighted by Gasteiger charge is -2.27. The van der Waals surface area contributed by atoms with E-state index in [4.69, 9.17) is 0 Å². The van der Waals surface area contributed by atoms with Gasteiger partial charge in [0.05, 0.1) is 17.7 Å². The van der Waals surface area contributed by atoms with E-state index in [1.807, 2.05) is 5.01 Å². The van der Waals surface area contributed by atoms with Crippen LogP contribution in [-0.4, -0.2) is 40.2 Å². The lowest BCUT2D eigenvalue weighted by molar-refractivity contribution is -0.144. The van der Waals surface area contributed by atoms with Gasteiger partial charge in [-0.2, -0.15) is 0 Å². The monoisotopic (exact) mass is 281 g/mol. The van der Waals surface area contributed by atoms with Crippen molar-refractivity contribution in [3.63, 3.8) is 0 Å². The first-order valence-electron chi connectivity index (χ1n) is 6.76. The van der Waals surface area contributed by atoms with Gasteiger partial charge >= 0.3 is 0 Å². The Balaban J connectivity index is 1.93. The van der Waals surface area contributed by atoms with E-state index in [-0.39, 0.29) is 11.9 Å². The van der Waals surface area contributed by atoms with Crippen LogP contribution in [0.4, 0.5) is 8.78 Å². The molecular formula is C14H17F2N3O. The van der Waals surface area contributed by atoms with Crippen molar-refractivity contribution in [2.45, 2.75) is 32.5 Å². The highest BCUT2D eigenvalue weighted by Gasteiger charge is 2.55. The highest BCUT2D eigenvalue weighted by molar-refractivity contribution is 5.85. The molecular weight excluding hydrogens is 264 g/mol. The zero-order chi connectivity index (χ0) is 14.5. The molecule has 3 atom stereocenters. The van der Waals surface area contributed by atoms with Gasteiger partial charge in [0, 0.05) is 19.3 Å². The smallest absolute Gasteiger partial charge is 0.247 e. The second kappa shape index (κ2) is 4.48. The number of hydrogen-bond donors (Lipinski definition) is 0. The summed E-state index contributed by atoms with van der Waals surface area (Å²) in [7, 11) is 0. The summed E-state index contributed by atoms with van der Waals surface area (Å²) >= 11 is 0. The van der Waals surface area contributed by atoms with E-state index in [2.05, 4.69) is 4.98 Å². The molecule has 2 fully saturated rings. The molecule has 1 amide bonds. The maximum Gasteiger partial charge on any atom is 0.247 e. The predicted molar refractivity (Wildman–Crippen MR) is 68.6 cm³/mol. The highest BCUT2D eigenvalue weighted by atomic mass is 19.1. The van der Waals surface area contributed by atoms with Crippen molar-refractivity contribution in [2.24, 2.45) is 5.41 Å². The first kappa shape index (κ1) is 13.4. The van der Waals surface area contributed by atoms with Crippen LogP contribution in [0.25, 0.3) is 0 Å². The molecule has 20 heavy (non-hydrogen) atoms. The summed E-state index contributed by atoms with van der Waals surface area (Å²) in [6.07, 6.45) is 2.20. The molecule has 2 aliphatic rings. The van der Waals surface area contributed by atoms with Gasteiger partial charge in [-0.05, 0) is 31.9 Å². The molecule has 108 valence electrons. The van der Waals surface area contributed by atoms with Gasteiger partial charge in [-0.1, -0.05) is 0 Å². The van der Waals surface area contributed by atoms with Crippen molar-refractivity contribution in [1.29, 1.82) is 0 Å². The average Bonchev–Trinajstić information content (AvgIpc) is 2.90. The van der Waals surface area contributed by atoms with E-state index >= 15 is 0 Å². The fraction of sp³-hybridized carbons (Fsp3) is 0.571. The molecule has 6 heteroatoms. The summed E-state index contributed by atoms with van der Waals surface area (Å²) in [5, 5.41) is 3.46. The van der Waals surface area contributed by atoms with E-state index in [1.165, 1.54) is 13.0 Å². The average molecular weight is 281 g/mol. The quantitative estimate of drug-likeness (QED) is 0.833. The first-order chi connectivity index (χ1) is 9.43. The van der Waals surface area contributed by atoms with Crippen molar-refractivity contribution < 1.29 is 13.6 Å². The lowest BCUT2D eigenvalue weighted by atomic mass is 9.85. The summed E-state index contributed by atoms with van der Waals surface area (Å²) in [5.74, 6) is -0.645. The molecule has 3 rings (SSSR count). The number of amides is 1. The second-order valence-electron chi connectivity index (χ2n) is 5.81. The Bertz CT molecular complexity index is 551. The molecule has 2 aliphatic heterocycles. The Kier molecular flexibility index (Phi) is 3.01. The third-order valence-electron chi connectivity index (χ3n) is 4.46. The van der Waals surface area contributed by atoms with Gasteiger partial charge in [-0.3, -0.25) is 14.8 Å². The highest BCUT2D eigenvalue weighted by Crippen LogP contribution is 2.44. The van der Waals surface area contributed by atoms with Crippen molar-refractivity contribution in [1.82, 2.24) is 15.0 Å². The number of carbonyl (C=O) groups excluding carboxylic acids is 1. The van der Waals surface area contributed by atoms with Crippen LogP contribution in [0.15, 0.2) is 18.5 Å². The van der Waals surface area contributed by atoms with Crippen LogP contribution < -0.4 is 0 Å². The number of aromatic nitrogens is 1. The Labute approximate surface area is 116 Å². The van der Waals surface area contributed by atoms with Crippen LogP contribution in [0.2, 0.25) is 0 Å². The van der Waals surface area contributed by atoms with E-state index in [9.17, 15) is 13.6 Å². The van der Waals surface area contributed by atoms with Crippen LogP contribution in [0, 0.1) is 11.2 Å². The van der Waals surface area contributed by atoms with Gasteiger partial charge in [-0.15, -0.1) is 0 Å². The number of rotatable bonds is 2. The summed E-state index contributed by atoms with van der Waals surface area (Å²) in [4.78, 5) is 16.4. The minimum atomic E-state index is -1.22. The van der Waals surface area contributed by atoms with E-state index in [0.717, 1.165) is 6.20 Å². The zero-order valence-corrected chi connectivity index (χ0v) is 11.5. The van der Waals surface area contributed by atoms with Gasteiger partial charge in [0.25, 0.3) is 0 Å². The number of fused-ring (bicyclic) bond motifs is 1. The number of hydrogen-bond acceptors (Lipinski definition) is 3. The molecule has 1 aromatic heterocycles. The molecule has 4 nitrogen and oxygen atoms in total. The van der Waals surface area contributed by atoms with Crippen molar-refractivity contribution in [3.05, 3.63) is 29.8 Å². The molecule has 0 aliphatic carbocycles. The van der Waals surface area contributed by atoms with Crippen LogP contribution in [-0.2, 0) is 4.79 Å². The third-order valence-corrected chi connectivity index (χ3v) is 4.46. The number of halogens is 2. The first-order valence-corrected chi connectivity index (χ1v) is 6.76. The van der Waals surface area contributed by atoms with Crippen molar-refractivity contribution in [2.75, 3.05) is 13.1 Å². The molecule has 3 heterocycles. The maximum atomic E-state index is 13.8. The fourth-order valence-electron chi connectivity index (χ4n) is 3.05. The Morgan fingerprint density at radius 3 is 2.90 bits per heavy atom. The largest absolute Gasteiger partial charge is 0.273 e. The number of carbonyl (C=O) groups is 1. The third kappa shape index (κ3) is 1.82. The lowest BCUT2D eigenvalue weighted by Crippen LogP contribution is -2.40. The molecule has 1 aromatic rings. The second-order valence-corrected chi connectivity index (χ2v) is 5.81. The van der Waals surface area contributed by atoms with E-state index < -0.39 is 17.4 Å². The minimum Gasteiger partial charge on any atom is -0.273 e. The molecule has 0 bridgehead atoms. The van der Waals surface area contributed by atoms with Crippen LogP contribution in [0.1, 0.15) is 31.9 Å². The molecule has 2 saturated heterocycles. The number of alkyl halides is 1. The van der Waals surface area contributed by atoms with Crippen LogP contribution >= 0.6 is 0 Å². The Morgan fingerprint density at radius 2 is 2.25 bits per heavy atom. The number of hydrazine groups is 1.